The van der Waals surface area contributed by atoms with Gasteiger partial charge in [-0.15, -0.1) is 0 Å². The second-order valence-corrected chi connectivity index (χ2v) is 7.98. The lowest BCUT2D eigenvalue weighted by Gasteiger charge is -2.43. The minimum atomic E-state index is -1.16. The molecule has 32 heavy (non-hydrogen) atoms. The minimum absolute atomic E-state index is 0.0680. The van der Waals surface area contributed by atoms with E-state index >= 15 is 0 Å². The molecule has 162 valence electrons. The van der Waals surface area contributed by atoms with E-state index in [4.69, 9.17) is 20.7 Å². The molecule has 0 bridgehead atoms. The number of thioether (sulfide) groups is 1. The number of hydrogen-bond donors (Lipinski definition) is 1. The first-order valence-electron chi connectivity index (χ1n) is 9.63. The van der Waals surface area contributed by atoms with Crippen LogP contribution in [-0.2, 0) is 19.1 Å². The summed E-state index contributed by atoms with van der Waals surface area (Å²) >= 11 is 1.15. The summed E-state index contributed by atoms with van der Waals surface area (Å²) in [4.78, 5) is 41.3. The highest BCUT2D eigenvalue weighted by Crippen LogP contribution is 2.39. The summed E-state index contributed by atoms with van der Waals surface area (Å²) in [6, 6.07) is 17.2. The van der Waals surface area contributed by atoms with Crippen LogP contribution in [0.15, 0.2) is 71.6 Å². The fraction of sp³-hybridized carbons (Fsp3) is 0.182. The molecule has 0 aliphatic carbocycles. The largest absolute Gasteiger partial charge is 0.451 e. The van der Waals surface area contributed by atoms with Crippen molar-refractivity contribution < 1.29 is 28.6 Å². The molecule has 2 amide bonds. The van der Waals surface area contributed by atoms with Crippen LogP contribution in [0, 0.1) is 0 Å². The van der Waals surface area contributed by atoms with Crippen molar-refractivity contribution in [2.75, 3.05) is 6.61 Å². The van der Waals surface area contributed by atoms with Crippen LogP contribution in [-0.4, -0.2) is 51.4 Å². The highest BCUT2D eigenvalue weighted by atomic mass is 32.2. The summed E-state index contributed by atoms with van der Waals surface area (Å²) in [6.07, 6.45) is -1.73. The predicted octanol–water partition coefficient (Wildman–Crippen LogP) is 2.25. The molecule has 2 aliphatic rings. The maximum atomic E-state index is 13.4. The van der Waals surface area contributed by atoms with Crippen LogP contribution in [0.1, 0.15) is 17.2 Å². The Morgan fingerprint density at radius 1 is 1.09 bits per heavy atom. The van der Waals surface area contributed by atoms with Gasteiger partial charge in [0.05, 0.1) is 0 Å². The number of primary amides is 1. The molecule has 0 radical (unpaired) electrons. The molecule has 2 aromatic carbocycles. The quantitative estimate of drug-likeness (QED) is 0.310. The summed E-state index contributed by atoms with van der Waals surface area (Å²) in [5.41, 5.74) is 15.9. The molecule has 2 N–H and O–H groups in total. The van der Waals surface area contributed by atoms with Crippen molar-refractivity contribution in [2.45, 2.75) is 17.5 Å². The van der Waals surface area contributed by atoms with Crippen molar-refractivity contribution >= 4 is 35.4 Å². The van der Waals surface area contributed by atoms with E-state index in [1.807, 2.05) is 60.7 Å². The second kappa shape index (κ2) is 9.09. The molecule has 1 saturated heterocycles. The molecule has 2 aliphatic heterocycles. The number of esters is 1. The van der Waals surface area contributed by atoms with Gasteiger partial charge in [0.2, 0.25) is 0 Å². The monoisotopic (exact) mass is 450 g/mol. The number of benzene rings is 2. The summed E-state index contributed by atoms with van der Waals surface area (Å²) < 4.78 is 10.8. The number of β-lactam (4-membered cyclic amide) rings is 1. The molecule has 0 saturated carbocycles. The van der Waals surface area contributed by atoms with Gasteiger partial charge in [-0.25, -0.2) is 9.59 Å². The molecular formula is C22H18N4O5S. The summed E-state index contributed by atoms with van der Waals surface area (Å²) in [5, 5.41) is 0.947. The van der Waals surface area contributed by atoms with Gasteiger partial charge < -0.3 is 20.7 Å². The highest BCUT2D eigenvalue weighted by molar-refractivity contribution is 8.03. The molecule has 10 heteroatoms. The Morgan fingerprint density at radius 2 is 1.69 bits per heavy atom. The van der Waals surface area contributed by atoms with Crippen molar-refractivity contribution in [3.05, 3.63) is 88.3 Å². The van der Waals surface area contributed by atoms with E-state index in [2.05, 4.69) is 4.79 Å². The zero-order valence-corrected chi connectivity index (χ0v) is 17.5. The van der Waals surface area contributed by atoms with Crippen LogP contribution >= 0.6 is 11.8 Å². The third kappa shape index (κ3) is 4.01. The first-order valence-corrected chi connectivity index (χ1v) is 10.6. The van der Waals surface area contributed by atoms with E-state index in [9.17, 15) is 14.4 Å². The number of nitrogens with two attached hydrogens (primary N) is 1. The fourth-order valence-corrected chi connectivity index (χ4v) is 4.70. The van der Waals surface area contributed by atoms with Gasteiger partial charge in [0.25, 0.3) is 0 Å². The van der Waals surface area contributed by atoms with Crippen molar-refractivity contribution in [3.63, 3.8) is 0 Å². The van der Waals surface area contributed by atoms with Crippen LogP contribution in [0.5, 0.6) is 0 Å². The maximum Gasteiger partial charge on any atom is 0.404 e. The van der Waals surface area contributed by atoms with Crippen molar-refractivity contribution in [1.29, 1.82) is 0 Å². The minimum Gasteiger partial charge on any atom is -0.451 e. The lowest BCUT2D eigenvalue weighted by molar-refractivity contribution is -0.159. The van der Waals surface area contributed by atoms with Gasteiger partial charge in [-0.1, -0.05) is 72.4 Å². The molecule has 2 atom stereocenters. The second-order valence-electron chi connectivity index (χ2n) is 7.03. The van der Waals surface area contributed by atoms with Gasteiger partial charge in [-0.2, -0.15) is 4.79 Å². The van der Waals surface area contributed by atoms with Crippen LogP contribution in [0.4, 0.5) is 4.79 Å². The molecule has 1 fully saturated rings. The zero-order valence-electron chi connectivity index (χ0n) is 16.7. The SMILES string of the molecule is [N-]=[N+]=C1C(=O)N2C(C(=O)OC(c3ccccc3)c3ccccc3)C(COC(N)=O)=CS[C@H]12. The number of carbonyl (C=O) groups excluding carboxylic acids is 3. The van der Waals surface area contributed by atoms with Gasteiger partial charge in [0, 0.05) is 5.57 Å². The van der Waals surface area contributed by atoms with E-state index in [1.165, 1.54) is 4.90 Å². The van der Waals surface area contributed by atoms with Crippen LogP contribution in [0.3, 0.4) is 0 Å². The Bertz CT molecular complexity index is 1090. The average molecular weight is 450 g/mol. The van der Waals surface area contributed by atoms with Gasteiger partial charge >= 0.3 is 23.7 Å². The lowest BCUT2D eigenvalue weighted by Crippen LogP contribution is -2.68. The smallest absolute Gasteiger partial charge is 0.404 e. The van der Waals surface area contributed by atoms with E-state index in [-0.39, 0.29) is 12.3 Å². The molecule has 2 aromatic rings. The van der Waals surface area contributed by atoms with E-state index in [0.29, 0.717) is 5.57 Å². The first kappa shape index (κ1) is 21.4. The van der Waals surface area contributed by atoms with E-state index in [1.54, 1.807) is 5.41 Å². The Labute approximate surface area is 187 Å². The van der Waals surface area contributed by atoms with Gasteiger partial charge in [-0.05, 0) is 16.5 Å². The molecule has 0 spiro atoms. The predicted molar refractivity (Wildman–Crippen MR) is 115 cm³/mol. The third-order valence-corrected chi connectivity index (χ3v) is 6.22. The Morgan fingerprint density at radius 3 is 2.22 bits per heavy atom. The van der Waals surface area contributed by atoms with E-state index in [0.717, 1.165) is 22.9 Å². The molecule has 1 unspecified atom stereocenters. The van der Waals surface area contributed by atoms with Gasteiger partial charge in [0.1, 0.15) is 6.61 Å². The van der Waals surface area contributed by atoms with Crippen molar-refractivity contribution in [1.82, 2.24) is 4.90 Å². The first-order chi connectivity index (χ1) is 15.5. The van der Waals surface area contributed by atoms with Crippen LogP contribution in [0.2, 0.25) is 0 Å². The molecule has 2 heterocycles. The zero-order chi connectivity index (χ0) is 22.7. The summed E-state index contributed by atoms with van der Waals surface area (Å²) in [5.74, 6) is -1.31. The third-order valence-electron chi connectivity index (χ3n) is 5.07. The number of carbonyl (C=O) groups is 3. The van der Waals surface area contributed by atoms with Crippen molar-refractivity contribution in [2.24, 2.45) is 5.73 Å². The number of amides is 2. The van der Waals surface area contributed by atoms with Crippen molar-refractivity contribution in [3.8, 4) is 0 Å². The normalized spacial score (nSPS) is 19.4. The Hall–Kier alpha value is -3.88. The Balaban J connectivity index is 1.66. The number of ether oxygens (including phenoxy) is 2. The van der Waals surface area contributed by atoms with Crippen LogP contribution < -0.4 is 5.73 Å². The van der Waals surface area contributed by atoms with Gasteiger partial charge in [-0.3, -0.25) is 9.69 Å². The highest BCUT2D eigenvalue weighted by Gasteiger charge is 2.59. The standard InChI is InChI=1S/C22H18N4O5S/c23-22(29)30-11-15-12-32-20-16(25-24)19(27)26(20)17(15)21(28)31-18(13-7-3-1-4-8-13)14-9-5-2-6-10-14/h1-10,12,17-18,20H,11H2,(H2,23,29)/t17?,20-/m1/s1. The fourth-order valence-electron chi connectivity index (χ4n) is 3.58. The number of fused-ring (bicyclic) bond motifs is 1. The van der Waals surface area contributed by atoms with Gasteiger partial charge in [0.15, 0.2) is 17.5 Å². The number of hydrogen-bond acceptors (Lipinski definition) is 6. The summed E-state index contributed by atoms with van der Waals surface area (Å²) in [7, 11) is 0. The molecule has 0 aromatic heterocycles. The average Bonchev–Trinajstić information content (AvgIpc) is 2.81. The number of nitrogens with zero attached hydrogens (tertiary/aromatic N) is 3. The molecular weight excluding hydrogens is 432 g/mol. The molecule has 4 rings (SSSR count). The lowest BCUT2D eigenvalue weighted by atomic mass is 9.99. The van der Waals surface area contributed by atoms with E-state index < -0.39 is 35.5 Å². The Kier molecular flexibility index (Phi) is 6.07. The summed E-state index contributed by atoms with van der Waals surface area (Å²) in [6.45, 7) is -0.286. The number of rotatable bonds is 6. The van der Waals surface area contributed by atoms with Crippen LogP contribution in [0.25, 0.3) is 5.53 Å². The maximum absolute atomic E-state index is 13.4. The topological polar surface area (TPSA) is 135 Å². The molecule has 9 nitrogen and oxygen atoms in total.